The van der Waals surface area contributed by atoms with Crippen molar-refractivity contribution in [2.24, 2.45) is 5.92 Å². The molecular formula is C17H25N5O3S. The zero-order valence-electron chi connectivity index (χ0n) is 15.1. The first-order valence-electron chi connectivity index (χ1n) is 9.39. The number of rotatable bonds is 5. The number of carbonyl (C=O) groups excluding carboxylic acids is 2. The summed E-state index contributed by atoms with van der Waals surface area (Å²) in [5, 5.41) is 9.86. The van der Waals surface area contributed by atoms with Crippen LogP contribution in [0.4, 0.5) is 5.13 Å². The van der Waals surface area contributed by atoms with Crippen molar-refractivity contribution < 1.29 is 14.3 Å². The number of aromatic nitrogens is 2. The monoisotopic (exact) mass is 379 g/mol. The average Bonchev–Trinajstić information content (AvgIpc) is 3.21. The Morgan fingerprint density at radius 3 is 2.73 bits per heavy atom. The van der Waals surface area contributed by atoms with Crippen molar-refractivity contribution in [2.75, 3.05) is 50.8 Å². The van der Waals surface area contributed by atoms with Crippen molar-refractivity contribution in [3.8, 4) is 0 Å². The molecule has 0 N–H and O–H groups in total. The largest absolute Gasteiger partial charge is 0.379 e. The molecule has 3 saturated heterocycles. The van der Waals surface area contributed by atoms with Gasteiger partial charge in [0.25, 0.3) is 0 Å². The Morgan fingerprint density at radius 1 is 1.23 bits per heavy atom. The minimum absolute atomic E-state index is 0.0206. The van der Waals surface area contributed by atoms with Crippen LogP contribution in [-0.2, 0) is 20.7 Å². The molecule has 26 heavy (non-hydrogen) atoms. The molecule has 0 aromatic carbocycles. The highest BCUT2D eigenvalue weighted by Crippen LogP contribution is 2.30. The fourth-order valence-corrected chi connectivity index (χ4v) is 4.76. The van der Waals surface area contributed by atoms with E-state index in [1.807, 2.05) is 4.90 Å². The van der Waals surface area contributed by atoms with Gasteiger partial charge in [0.05, 0.1) is 19.1 Å². The second-order valence-electron chi connectivity index (χ2n) is 7.18. The lowest BCUT2D eigenvalue weighted by atomic mass is 10.0. The number of ether oxygens (including phenoxy) is 1. The Labute approximate surface area is 157 Å². The van der Waals surface area contributed by atoms with Crippen LogP contribution in [0.15, 0.2) is 0 Å². The standard InChI is InChI=1S/C17H25N5O3S/c1-2-3-14-18-19-17(26-14)22-9-12(8-15(22)23)16(24)21-10-13(11-21)20-4-6-25-7-5-20/h12-13H,2-11H2,1H3. The molecule has 142 valence electrons. The van der Waals surface area contributed by atoms with Crippen LogP contribution >= 0.6 is 11.3 Å². The van der Waals surface area contributed by atoms with Crippen LogP contribution in [-0.4, -0.2) is 83.8 Å². The van der Waals surface area contributed by atoms with Crippen LogP contribution < -0.4 is 4.90 Å². The van der Waals surface area contributed by atoms with Crippen molar-refractivity contribution in [2.45, 2.75) is 32.2 Å². The van der Waals surface area contributed by atoms with Gasteiger partial charge in [0.1, 0.15) is 5.01 Å². The minimum Gasteiger partial charge on any atom is -0.379 e. The van der Waals surface area contributed by atoms with Crippen LogP contribution in [0.3, 0.4) is 0 Å². The fraction of sp³-hybridized carbons (Fsp3) is 0.765. The number of hydrogen-bond donors (Lipinski definition) is 0. The van der Waals surface area contributed by atoms with E-state index in [0.29, 0.717) is 17.7 Å². The van der Waals surface area contributed by atoms with Crippen molar-refractivity contribution >= 4 is 28.3 Å². The third-order valence-corrected chi connectivity index (χ3v) is 6.37. The molecule has 3 aliphatic rings. The smallest absolute Gasteiger partial charge is 0.229 e. The Bertz CT molecular complexity index is 669. The maximum absolute atomic E-state index is 12.8. The molecule has 9 heteroatoms. The number of likely N-dealkylation sites (tertiary alicyclic amines) is 1. The van der Waals surface area contributed by atoms with Crippen molar-refractivity contribution in [1.29, 1.82) is 0 Å². The number of nitrogens with zero attached hydrogens (tertiary/aromatic N) is 5. The SMILES string of the molecule is CCCc1nnc(N2CC(C(=O)N3CC(N4CCOCC4)C3)CC2=O)s1. The van der Waals surface area contributed by atoms with Crippen molar-refractivity contribution in [3.05, 3.63) is 5.01 Å². The lowest BCUT2D eigenvalue weighted by molar-refractivity contribution is -0.144. The zero-order valence-corrected chi connectivity index (χ0v) is 15.9. The summed E-state index contributed by atoms with van der Waals surface area (Å²) in [4.78, 5) is 31.1. The number of anilines is 1. The molecule has 8 nitrogen and oxygen atoms in total. The highest BCUT2D eigenvalue weighted by Gasteiger charge is 2.43. The summed E-state index contributed by atoms with van der Waals surface area (Å²) in [5.74, 6) is -0.178. The van der Waals surface area contributed by atoms with Gasteiger partial charge >= 0.3 is 0 Å². The van der Waals surface area contributed by atoms with Crippen molar-refractivity contribution in [3.63, 3.8) is 0 Å². The molecule has 1 unspecified atom stereocenters. The van der Waals surface area contributed by atoms with E-state index in [2.05, 4.69) is 22.0 Å². The molecule has 1 aromatic rings. The summed E-state index contributed by atoms with van der Waals surface area (Å²) in [6, 6.07) is 0.441. The van der Waals surface area contributed by atoms with E-state index in [0.717, 1.165) is 57.2 Å². The van der Waals surface area contributed by atoms with Gasteiger partial charge in [-0.25, -0.2) is 0 Å². The van der Waals surface area contributed by atoms with Gasteiger partial charge in [0, 0.05) is 51.6 Å². The highest BCUT2D eigenvalue weighted by molar-refractivity contribution is 7.15. The quantitative estimate of drug-likeness (QED) is 0.736. The molecule has 0 spiro atoms. The number of hydrogen-bond acceptors (Lipinski definition) is 7. The van der Waals surface area contributed by atoms with E-state index in [-0.39, 0.29) is 24.2 Å². The fourth-order valence-electron chi connectivity index (χ4n) is 3.79. The number of carbonyl (C=O) groups is 2. The summed E-state index contributed by atoms with van der Waals surface area (Å²) < 4.78 is 5.38. The molecule has 1 aromatic heterocycles. The van der Waals surface area contributed by atoms with Gasteiger partial charge in [-0.2, -0.15) is 0 Å². The van der Waals surface area contributed by atoms with Gasteiger partial charge in [0.2, 0.25) is 16.9 Å². The first-order chi connectivity index (χ1) is 12.7. The van der Waals surface area contributed by atoms with Gasteiger partial charge in [-0.3, -0.25) is 19.4 Å². The van der Waals surface area contributed by atoms with Gasteiger partial charge in [0.15, 0.2) is 0 Å². The molecule has 4 rings (SSSR count). The van der Waals surface area contributed by atoms with Crippen LogP contribution in [0.2, 0.25) is 0 Å². The molecule has 0 bridgehead atoms. The molecule has 3 aliphatic heterocycles. The minimum atomic E-state index is -0.258. The molecule has 0 aliphatic carbocycles. The molecule has 3 fully saturated rings. The maximum atomic E-state index is 12.8. The number of morpholine rings is 1. The van der Waals surface area contributed by atoms with Gasteiger partial charge in [-0.15, -0.1) is 10.2 Å². The van der Waals surface area contributed by atoms with E-state index in [1.165, 1.54) is 11.3 Å². The third kappa shape index (κ3) is 3.47. The van der Waals surface area contributed by atoms with Crippen LogP contribution in [0.25, 0.3) is 0 Å². The molecule has 0 radical (unpaired) electrons. The molecule has 0 saturated carbocycles. The van der Waals surface area contributed by atoms with Crippen LogP contribution in [0.1, 0.15) is 24.8 Å². The molecule has 1 atom stereocenters. The maximum Gasteiger partial charge on any atom is 0.229 e. The predicted octanol–water partition coefficient (Wildman–Crippen LogP) is 0.387. The Balaban J connectivity index is 1.31. The summed E-state index contributed by atoms with van der Waals surface area (Å²) >= 11 is 1.46. The van der Waals surface area contributed by atoms with Crippen LogP contribution in [0.5, 0.6) is 0 Å². The van der Waals surface area contributed by atoms with E-state index < -0.39 is 0 Å². The van der Waals surface area contributed by atoms with E-state index in [9.17, 15) is 9.59 Å². The number of amides is 2. The summed E-state index contributed by atoms with van der Waals surface area (Å²) in [7, 11) is 0. The van der Waals surface area contributed by atoms with E-state index in [1.54, 1.807) is 4.90 Å². The summed E-state index contributed by atoms with van der Waals surface area (Å²) in [6.45, 7) is 7.49. The van der Waals surface area contributed by atoms with E-state index in [4.69, 9.17) is 4.74 Å². The first kappa shape index (κ1) is 17.8. The van der Waals surface area contributed by atoms with Gasteiger partial charge < -0.3 is 9.64 Å². The topological polar surface area (TPSA) is 78.9 Å². The van der Waals surface area contributed by atoms with Gasteiger partial charge in [-0.05, 0) is 6.42 Å². The first-order valence-corrected chi connectivity index (χ1v) is 10.2. The third-order valence-electron chi connectivity index (χ3n) is 5.36. The Hall–Kier alpha value is -1.58. The lowest BCUT2D eigenvalue weighted by Gasteiger charge is -2.47. The average molecular weight is 379 g/mol. The predicted molar refractivity (Wildman–Crippen MR) is 97.1 cm³/mol. The number of aryl methyl sites for hydroxylation is 1. The zero-order chi connectivity index (χ0) is 18.1. The summed E-state index contributed by atoms with van der Waals surface area (Å²) in [5.41, 5.74) is 0. The molecule has 2 amide bonds. The van der Waals surface area contributed by atoms with Gasteiger partial charge in [-0.1, -0.05) is 18.3 Å². The highest BCUT2D eigenvalue weighted by atomic mass is 32.1. The second-order valence-corrected chi connectivity index (χ2v) is 8.22. The Morgan fingerprint density at radius 2 is 2.00 bits per heavy atom. The van der Waals surface area contributed by atoms with Crippen molar-refractivity contribution in [1.82, 2.24) is 20.0 Å². The Kier molecular flexibility index (Phi) is 5.19. The molecule has 4 heterocycles. The summed E-state index contributed by atoms with van der Waals surface area (Å²) in [6.07, 6.45) is 2.15. The lowest BCUT2D eigenvalue weighted by Crippen LogP contribution is -2.63. The second kappa shape index (κ2) is 7.58. The normalized spacial score (nSPS) is 25.0. The molecular weight excluding hydrogens is 354 g/mol. The van der Waals surface area contributed by atoms with Crippen LogP contribution in [0, 0.1) is 5.92 Å². The van der Waals surface area contributed by atoms with E-state index >= 15 is 0 Å².